The zero-order valence-corrected chi connectivity index (χ0v) is 9.32. The molecule has 86 valence electrons. The van der Waals surface area contributed by atoms with Crippen LogP contribution < -0.4 is 5.32 Å². The summed E-state index contributed by atoms with van der Waals surface area (Å²) in [5.74, 6) is 0.437. The number of hydrogen-bond acceptors (Lipinski definition) is 3. The van der Waals surface area contributed by atoms with E-state index in [9.17, 15) is 5.11 Å². The molecule has 3 heteroatoms. The molecule has 0 saturated heterocycles. The summed E-state index contributed by atoms with van der Waals surface area (Å²) in [5.41, 5.74) is 0. The van der Waals surface area contributed by atoms with E-state index in [1.165, 1.54) is 6.42 Å². The number of unbranched alkanes of at least 4 members (excludes halogenated alkanes) is 1. The van der Waals surface area contributed by atoms with Crippen LogP contribution in [0.5, 0.6) is 0 Å². The highest BCUT2D eigenvalue weighted by Gasteiger charge is 2.17. The average Bonchev–Trinajstić information content (AvgIpc) is 2.25. The monoisotopic (exact) mass is 211 g/mol. The van der Waals surface area contributed by atoms with Crippen molar-refractivity contribution in [3.05, 3.63) is 24.0 Å². The molecule has 0 radical (unpaired) electrons. The van der Waals surface area contributed by atoms with E-state index in [1.54, 1.807) is 12.2 Å². The van der Waals surface area contributed by atoms with Crippen molar-refractivity contribution in [2.45, 2.75) is 32.3 Å². The minimum Gasteiger partial charge on any atom is -0.508 e. The van der Waals surface area contributed by atoms with E-state index >= 15 is 0 Å². The summed E-state index contributed by atoms with van der Waals surface area (Å²) in [5, 5.41) is 22.2. The van der Waals surface area contributed by atoms with E-state index in [0.29, 0.717) is 12.3 Å². The summed E-state index contributed by atoms with van der Waals surface area (Å²) < 4.78 is 0. The Hall–Kier alpha value is -0.800. The molecule has 0 aromatic carbocycles. The van der Waals surface area contributed by atoms with Crippen LogP contribution >= 0.6 is 0 Å². The summed E-state index contributed by atoms with van der Waals surface area (Å²) in [6, 6.07) is 0. The van der Waals surface area contributed by atoms with E-state index in [0.717, 1.165) is 19.4 Å². The first-order chi connectivity index (χ1) is 7.24. The van der Waals surface area contributed by atoms with Crippen molar-refractivity contribution in [2.75, 3.05) is 13.1 Å². The lowest BCUT2D eigenvalue weighted by Crippen LogP contribution is -2.33. The average molecular weight is 211 g/mol. The Balaban J connectivity index is 2.18. The third kappa shape index (κ3) is 4.49. The summed E-state index contributed by atoms with van der Waals surface area (Å²) in [7, 11) is 0. The minimum absolute atomic E-state index is 0.134. The van der Waals surface area contributed by atoms with Gasteiger partial charge in [0.1, 0.15) is 5.76 Å². The van der Waals surface area contributed by atoms with Crippen LogP contribution in [-0.4, -0.2) is 29.4 Å². The second-order valence-corrected chi connectivity index (χ2v) is 4.01. The second kappa shape index (κ2) is 6.64. The summed E-state index contributed by atoms with van der Waals surface area (Å²) in [6.45, 7) is 3.74. The molecule has 1 rings (SSSR count). The molecule has 0 saturated carbocycles. The van der Waals surface area contributed by atoms with Gasteiger partial charge in [-0.1, -0.05) is 19.4 Å². The number of nitrogens with one attached hydrogen (secondary N) is 1. The van der Waals surface area contributed by atoms with Gasteiger partial charge in [-0.2, -0.15) is 0 Å². The van der Waals surface area contributed by atoms with E-state index in [4.69, 9.17) is 5.11 Å². The zero-order valence-electron chi connectivity index (χ0n) is 9.32. The third-order valence-electron chi connectivity index (χ3n) is 2.67. The number of rotatable bonds is 6. The minimum atomic E-state index is -0.359. The molecule has 3 N–H and O–H groups in total. The van der Waals surface area contributed by atoms with Crippen LogP contribution in [0.3, 0.4) is 0 Å². The van der Waals surface area contributed by atoms with Crippen LogP contribution in [0.25, 0.3) is 0 Å². The topological polar surface area (TPSA) is 52.5 Å². The first-order valence-corrected chi connectivity index (χ1v) is 5.70. The Labute approximate surface area is 91.5 Å². The van der Waals surface area contributed by atoms with Gasteiger partial charge in [0.2, 0.25) is 0 Å². The highest BCUT2D eigenvalue weighted by Crippen LogP contribution is 2.18. The van der Waals surface area contributed by atoms with Gasteiger partial charge in [0.05, 0.1) is 6.10 Å². The van der Waals surface area contributed by atoms with Gasteiger partial charge in [-0.15, -0.1) is 0 Å². The molecular formula is C12H21NO2. The van der Waals surface area contributed by atoms with Gasteiger partial charge in [0.15, 0.2) is 0 Å². The van der Waals surface area contributed by atoms with Crippen LogP contribution in [0.2, 0.25) is 0 Å². The lowest BCUT2D eigenvalue weighted by Gasteiger charge is -2.21. The van der Waals surface area contributed by atoms with Crippen LogP contribution in [0.15, 0.2) is 24.0 Å². The van der Waals surface area contributed by atoms with Gasteiger partial charge in [-0.3, -0.25) is 0 Å². The maximum atomic E-state index is 9.83. The molecular weight excluding hydrogens is 190 g/mol. The smallest absolute Gasteiger partial charge is 0.111 e. The highest BCUT2D eigenvalue weighted by atomic mass is 16.3. The molecule has 0 bridgehead atoms. The fraction of sp³-hybridized carbons (Fsp3) is 0.667. The number of aliphatic hydroxyl groups is 2. The summed E-state index contributed by atoms with van der Waals surface area (Å²) in [4.78, 5) is 0. The van der Waals surface area contributed by atoms with Crippen LogP contribution in [0.4, 0.5) is 0 Å². The Morgan fingerprint density at radius 3 is 3.00 bits per heavy atom. The predicted octanol–water partition coefficient (Wildman–Crippen LogP) is 1.76. The van der Waals surface area contributed by atoms with Crippen molar-refractivity contribution in [2.24, 2.45) is 5.92 Å². The molecule has 0 aromatic heterocycles. The number of aliphatic hydroxyl groups excluding tert-OH is 2. The van der Waals surface area contributed by atoms with Crippen molar-refractivity contribution in [1.82, 2.24) is 5.32 Å². The van der Waals surface area contributed by atoms with Crippen molar-refractivity contribution in [3.8, 4) is 0 Å². The Bertz CT molecular complexity index is 236. The lowest BCUT2D eigenvalue weighted by molar-refractivity contribution is 0.127. The molecule has 0 amide bonds. The van der Waals surface area contributed by atoms with Crippen LogP contribution in [0, 0.1) is 5.92 Å². The Kier molecular flexibility index (Phi) is 5.43. The Morgan fingerprint density at radius 2 is 2.40 bits per heavy atom. The van der Waals surface area contributed by atoms with Gasteiger partial charge in [-0.05, 0) is 31.5 Å². The van der Waals surface area contributed by atoms with Gasteiger partial charge in [0.25, 0.3) is 0 Å². The fourth-order valence-corrected chi connectivity index (χ4v) is 1.61. The molecule has 1 aliphatic rings. The van der Waals surface area contributed by atoms with E-state index in [2.05, 4.69) is 12.2 Å². The molecule has 3 nitrogen and oxygen atoms in total. The van der Waals surface area contributed by atoms with Gasteiger partial charge >= 0.3 is 0 Å². The lowest BCUT2D eigenvalue weighted by atomic mass is 9.94. The van der Waals surface area contributed by atoms with E-state index in [-0.39, 0.29) is 12.0 Å². The van der Waals surface area contributed by atoms with Crippen molar-refractivity contribution in [1.29, 1.82) is 0 Å². The molecule has 0 aromatic rings. The van der Waals surface area contributed by atoms with Gasteiger partial charge < -0.3 is 15.5 Å². The molecule has 0 fully saturated rings. The first-order valence-electron chi connectivity index (χ1n) is 5.70. The Morgan fingerprint density at radius 1 is 1.60 bits per heavy atom. The number of allylic oxidation sites excluding steroid dienone is 2. The fourth-order valence-electron chi connectivity index (χ4n) is 1.61. The quantitative estimate of drug-likeness (QED) is 0.587. The maximum absolute atomic E-state index is 9.83. The highest BCUT2D eigenvalue weighted by molar-refractivity contribution is 5.17. The van der Waals surface area contributed by atoms with Gasteiger partial charge in [0, 0.05) is 12.5 Å². The van der Waals surface area contributed by atoms with Crippen molar-refractivity contribution >= 4 is 0 Å². The summed E-state index contributed by atoms with van der Waals surface area (Å²) in [6.07, 6.45) is 7.96. The normalized spacial score (nSPS) is 22.5. The summed E-state index contributed by atoms with van der Waals surface area (Å²) >= 11 is 0. The maximum Gasteiger partial charge on any atom is 0.111 e. The molecule has 0 spiro atoms. The molecule has 1 unspecified atom stereocenters. The molecule has 15 heavy (non-hydrogen) atoms. The zero-order chi connectivity index (χ0) is 11.1. The SMILES string of the molecule is CCCCNC[C@H](O)C1C=CC(O)=CC1. The largest absolute Gasteiger partial charge is 0.508 e. The van der Waals surface area contributed by atoms with Gasteiger partial charge in [-0.25, -0.2) is 0 Å². The third-order valence-corrected chi connectivity index (χ3v) is 2.67. The van der Waals surface area contributed by atoms with Crippen LogP contribution in [0.1, 0.15) is 26.2 Å². The molecule has 0 heterocycles. The predicted molar refractivity (Wildman–Crippen MR) is 61.7 cm³/mol. The molecule has 2 atom stereocenters. The van der Waals surface area contributed by atoms with E-state index < -0.39 is 0 Å². The number of hydrogen-bond donors (Lipinski definition) is 3. The van der Waals surface area contributed by atoms with Crippen molar-refractivity contribution in [3.63, 3.8) is 0 Å². The standard InChI is InChI=1S/C12H21NO2/c1-2-3-8-13-9-12(15)10-4-6-11(14)7-5-10/h4,6-7,10,12-15H,2-3,5,8-9H2,1H3/t10?,12-/m0/s1. The van der Waals surface area contributed by atoms with E-state index in [1.807, 2.05) is 6.08 Å². The first kappa shape index (κ1) is 12.3. The van der Waals surface area contributed by atoms with Crippen LogP contribution in [-0.2, 0) is 0 Å². The second-order valence-electron chi connectivity index (χ2n) is 4.01. The molecule has 1 aliphatic carbocycles. The van der Waals surface area contributed by atoms with Crippen molar-refractivity contribution < 1.29 is 10.2 Å². The molecule has 0 aliphatic heterocycles.